The SMILES string of the molecule is O=C(c1c[nH]c2cc(Cl)ccc12)C(Br)c1ccc(Cl)cc1OCCO. The van der Waals surface area contributed by atoms with Gasteiger partial charge in [-0.15, -0.1) is 0 Å². The van der Waals surface area contributed by atoms with Gasteiger partial charge in [0.2, 0.25) is 0 Å². The second kappa shape index (κ2) is 7.79. The molecule has 25 heavy (non-hydrogen) atoms. The van der Waals surface area contributed by atoms with Crippen LogP contribution in [0.5, 0.6) is 5.75 Å². The number of nitrogens with one attached hydrogen (secondary N) is 1. The van der Waals surface area contributed by atoms with Crippen LogP contribution in [-0.2, 0) is 0 Å². The first-order chi connectivity index (χ1) is 12.0. The fourth-order valence-electron chi connectivity index (χ4n) is 2.58. The van der Waals surface area contributed by atoms with Gasteiger partial charge in [-0.1, -0.05) is 51.3 Å². The number of aromatic amines is 1. The minimum absolute atomic E-state index is 0.118. The molecular formula is C18H14BrCl2NO3. The maximum Gasteiger partial charge on any atom is 0.183 e. The number of H-pyrrole nitrogens is 1. The first-order valence-corrected chi connectivity index (χ1v) is 9.16. The monoisotopic (exact) mass is 441 g/mol. The Morgan fingerprint density at radius 3 is 2.68 bits per heavy atom. The first-order valence-electron chi connectivity index (χ1n) is 7.49. The van der Waals surface area contributed by atoms with Gasteiger partial charge in [-0.3, -0.25) is 4.79 Å². The van der Waals surface area contributed by atoms with Gasteiger partial charge in [-0.2, -0.15) is 0 Å². The number of Topliss-reactive ketones (excluding diaryl/α,β-unsaturated/α-hetero) is 1. The number of aromatic nitrogens is 1. The highest BCUT2D eigenvalue weighted by Crippen LogP contribution is 2.37. The number of ketones is 1. The average molecular weight is 443 g/mol. The van der Waals surface area contributed by atoms with Crippen molar-refractivity contribution >= 4 is 55.8 Å². The molecule has 0 saturated carbocycles. The number of carbonyl (C=O) groups is 1. The van der Waals surface area contributed by atoms with Crippen molar-refractivity contribution in [2.45, 2.75) is 4.83 Å². The summed E-state index contributed by atoms with van der Waals surface area (Å²) in [5, 5.41) is 10.9. The molecule has 4 nitrogen and oxygen atoms in total. The first kappa shape index (κ1) is 18.3. The van der Waals surface area contributed by atoms with E-state index in [0.29, 0.717) is 26.9 Å². The standard InChI is InChI=1S/C18H14BrCl2NO3/c19-17(13-4-2-11(21)8-16(13)25-6-5-23)18(24)14-9-22-15-7-10(20)1-3-12(14)15/h1-4,7-9,17,22-23H,5-6H2. The lowest BCUT2D eigenvalue weighted by Gasteiger charge is -2.15. The molecule has 0 radical (unpaired) electrons. The van der Waals surface area contributed by atoms with Crippen LogP contribution in [0, 0.1) is 0 Å². The van der Waals surface area contributed by atoms with Crippen LogP contribution in [0.2, 0.25) is 10.0 Å². The largest absolute Gasteiger partial charge is 0.491 e. The van der Waals surface area contributed by atoms with Gasteiger partial charge < -0.3 is 14.8 Å². The Morgan fingerprint density at radius 2 is 1.92 bits per heavy atom. The quantitative estimate of drug-likeness (QED) is 0.409. The molecule has 0 saturated heterocycles. The van der Waals surface area contributed by atoms with Crippen LogP contribution < -0.4 is 4.74 Å². The van der Waals surface area contributed by atoms with E-state index < -0.39 is 4.83 Å². The van der Waals surface area contributed by atoms with E-state index >= 15 is 0 Å². The van der Waals surface area contributed by atoms with Crippen LogP contribution in [-0.4, -0.2) is 29.1 Å². The molecule has 0 aliphatic heterocycles. The van der Waals surface area contributed by atoms with Gasteiger partial charge in [0.05, 0.1) is 6.61 Å². The molecule has 0 fully saturated rings. The van der Waals surface area contributed by atoms with Crippen molar-refractivity contribution < 1.29 is 14.6 Å². The van der Waals surface area contributed by atoms with Crippen LogP contribution in [0.25, 0.3) is 10.9 Å². The number of fused-ring (bicyclic) bond motifs is 1. The zero-order chi connectivity index (χ0) is 18.0. The zero-order valence-electron chi connectivity index (χ0n) is 12.9. The van der Waals surface area contributed by atoms with E-state index in [4.69, 9.17) is 33.0 Å². The highest BCUT2D eigenvalue weighted by molar-refractivity contribution is 9.09. The van der Waals surface area contributed by atoms with Crippen molar-refractivity contribution in [2.75, 3.05) is 13.2 Å². The minimum atomic E-state index is -0.617. The van der Waals surface area contributed by atoms with Gasteiger partial charge >= 0.3 is 0 Å². The lowest BCUT2D eigenvalue weighted by atomic mass is 10.0. The third kappa shape index (κ3) is 3.85. The third-order valence-electron chi connectivity index (χ3n) is 3.74. The molecule has 0 bridgehead atoms. The summed E-state index contributed by atoms with van der Waals surface area (Å²) in [6, 6.07) is 10.4. The predicted octanol–water partition coefficient (Wildman–Crippen LogP) is 5.16. The second-order valence-electron chi connectivity index (χ2n) is 5.37. The molecule has 130 valence electrons. The Labute approximate surface area is 162 Å². The highest BCUT2D eigenvalue weighted by Gasteiger charge is 2.25. The van der Waals surface area contributed by atoms with Crippen LogP contribution in [0.1, 0.15) is 20.7 Å². The van der Waals surface area contributed by atoms with Crippen molar-refractivity contribution in [3.63, 3.8) is 0 Å². The van der Waals surface area contributed by atoms with E-state index in [9.17, 15) is 4.79 Å². The maximum atomic E-state index is 13.0. The summed E-state index contributed by atoms with van der Waals surface area (Å²) in [5.41, 5.74) is 1.99. The third-order valence-corrected chi connectivity index (χ3v) is 5.12. The number of halogens is 3. The summed E-state index contributed by atoms with van der Waals surface area (Å²) in [4.78, 5) is 15.4. The predicted molar refractivity (Wildman–Crippen MR) is 103 cm³/mol. The molecular weight excluding hydrogens is 429 g/mol. The summed E-state index contributed by atoms with van der Waals surface area (Å²) in [7, 11) is 0. The molecule has 1 heterocycles. The molecule has 0 spiro atoms. The summed E-state index contributed by atoms with van der Waals surface area (Å²) >= 11 is 15.5. The molecule has 0 aliphatic carbocycles. The molecule has 3 aromatic rings. The van der Waals surface area contributed by atoms with E-state index in [1.54, 1.807) is 36.5 Å². The van der Waals surface area contributed by atoms with Crippen molar-refractivity contribution in [3.05, 3.63) is 63.8 Å². The van der Waals surface area contributed by atoms with Crippen LogP contribution in [0.3, 0.4) is 0 Å². The summed E-state index contributed by atoms with van der Waals surface area (Å²) in [5.74, 6) is 0.337. The minimum Gasteiger partial charge on any atom is -0.491 e. The number of hydrogen-bond acceptors (Lipinski definition) is 3. The Balaban J connectivity index is 1.97. The van der Waals surface area contributed by atoms with Gasteiger partial charge in [-0.05, 0) is 24.3 Å². The van der Waals surface area contributed by atoms with Crippen molar-refractivity contribution in [1.29, 1.82) is 0 Å². The molecule has 0 amide bonds. The zero-order valence-corrected chi connectivity index (χ0v) is 16.0. The van der Waals surface area contributed by atoms with Crippen LogP contribution in [0.15, 0.2) is 42.6 Å². The van der Waals surface area contributed by atoms with Gasteiger partial charge in [0.1, 0.15) is 17.2 Å². The topological polar surface area (TPSA) is 62.3 Å². The van der Waals surface area contributed by atoms with Crippen LogP contribution >= 0.6 is 39.1 Å². The Bertz CT molecular complexity index is 926. The second-order valence-corrected chi connectivity index (χ2v) is 7.16. The smallest absolute Gasteiger partial charge is 0.183 e. The number of rotatable bonds is 6. The number of ether oxygens (including phenoxy) is 1. The van der Waals surface area contributed by atoms with Gasteiger partial charge in [-0.25, -0.2) is 0 Å². The molecule has 1 unspecified atom stereocenters. The molecule has 7 heteroatoms. The van der Waals surface area contributed by atoms with E-state index in [-0.39, 0.29) is 19.0 Å². The van der Waals surface area contributed by atoms with Crippen LogP contribution in [0.4, 0.5) is 0 Å². The number of aliphatic hydroxyl groups is 1. The van der Waals surface area contributed by atoms with E-state index in [1.165, 1.54) is 0 Å². The fourth-order valence-corrected chi connectivity index (χ4v) is 3.54. The van der Waals surface area contributed by atoms with Crippen molar-refractivity contribution in [2.24, 2.45) is 0 Å². The van der Waals surface area contributed by atoms with Crippen molar-refractivity contribution in [1.82, 2.24) is 4.98 Å². The van der Waals surface area contributed by atoms with E-state index in [0.717, 1.165) is 10.9 Å². The number of alkyl halides is 1. The fraction of sp³-hybridized carbons (Fsp3) is 0.167. The van der Waals surface area contributed by atoms with E-state index in [1.807, 2.05) is 6.07 Å². The van der Waals surface area contributed by atoms with Crippen molar-refractivity contribution in [3.8, 4) is 5.75 Å². The van der Waals surface area contributed by atoms with Gasteiger partial charge in [0.15, 0.2) is 5.78 Å². The Kier molecular flexibility index (Phi) is 5.69. The van der Waals surface area contributed by atoms with Gasteiger partial charge in [0, 0.05) is 38.3 Å². The molecule has 2 N–H and O–H groups in total. The highest BCUT2D eigenvalue weighted by atomic mass is 79.9. The normalized spacial score (nSPS) is 12.3. The average Bonchev–Trinajstić information content (AvgIpc) is 3.01. The summed E-state index contributed by atoms with van der Waals surface area (Å²) < 4.78 is 5.52. The molecule has 3 rings (SSSR count). The molecule has 1 atom stereocenters. The molecule has 1 aromatic heterocycles. The number of aliphatic hydroxyl groups excluding tert-OH is 1. The lowest BCUT2D eigenvalue weighted by Crippen LogP contribution is -2.10. The van der Waals surface area contributed by atoms with E-state index in [2.05, 4.69) is 20.9 Å². The number of benzene rings is 2. The van der Waals surface area contributed by atoms with Gasteiger partial charge in [0.25, 0.3) is 0 Å². The maximum absolute atomic E-state index is 13.0. The Morgan fingerprint density at radius 1 is 1.20 bits per heavy atom. The summed E-state index contributed by atoms with van der Waals surface area (Å²) in [6.45, 7) is -0.0110. The Hall–Kier alpha value is -1.53. The lowest BCUT2D eigenvalue weighted by molar-refractivity contribution is 0.0991. The number of carbonyl (C=O) groups excluding carboxylic acids is 1. The number of hydrogen-bond donors (Lipinski definition) is 2. The molecule has 2 aromatic carbocycles. The molecule has 0 aliphatic rings. The summed E-state index contributed by atoms with van der Waals surface area (Å²) in [6.07, 6.45) is 1.67.